The zero-order valence-electron chi connectivity index (χ0n) is 16.2. The van der Waals surface area contributed by atoms with E-state index in [1.54, 1.807) is 24.3 Å². The van der Waals surface area contributed by atoms with Crippen molar-refractivity contribution in [3.63, 3.8) is 0 Å². The largest absolute Gasteiger partial charge is 0.396 e. The molecule has 1 aliphatic heterocycles. The molecule has 146 valence electrons. The summed E-state index contributed by atoms with van der Waals surface area (Å²) in [5, 5.41) is 3.37. The summed E-state index contributed by atoms with van der Waals surface area (Å²) in [6, 6.07) is 8.87. The molecule has 2 aromatic carbocycles. The highest BCUT2D eigenvalue weighted by molar-refractivity contribution is 6.32. The molecule has 28 heavy (non-hydrogen) atoms. The molecule has 2 aliphatic rings. The number of rotatable bonds is 4. The Balaban J connectivity index is 1.91. The number of hydrogen-bond acceptors (Lipinski definition) is 6. The Labute approximate surface area is 164 Å². The van der Waals surface area contributed by atoms with Crippen LogP contribution in [-0.4, -0.2) is 44.4 Å². The lowest BCUT2D eigenvalue weighted by atomic mass is 9.81. The molecular formula is C22H25N3O3. The van der Waals surface area contributed by atoms with E-state index in [0.717, 1.165) is 5.69 Å². The average molecular weight is 379 g/mol. The number of morpholine rings is 1. The summed E-state index contributed by atoms with van der Waals surface area (Å²) in [4.78, 5) is 28.7. The number of hydrogen-bond donors (Lipinski definition) is 2. The summed E-state index contributed by atoms with van der Waals surface area (Å²) in [7, 11) is 0. The van der Waals surface area contributed by atoms with Gasteiger partial charge >= 0.3 is 0 Å². The van der Waals surface area contributed by atoms with Crippen LogP contribution in [0.3, 0.4) is 0 Å². The lowest BCUT2D eigenvalue weighted by Crippen LogP contribution is -2.37. The second kappa shape index (κ2) is 7.28. The molecule has 1 saturated heterocycles. The number of nitrogen functional groups attached to an aromatic ring is 1. The van der Waals surface area contributed by atoms with E-state index in [1.807, 2.05) is 6.07 Å². The fraction of sp³-hybridized carbons (Fsp3) is 0.364. The smallest absolute Gasteiger partial charge is 0.196 e. The van der Waals surface area contributed by atoms with Crippen LogP contribution >= 0.6 is 0 Å². The molecule has 1 aliphatic carbocycles. The van der Waals surface area contributed by atoms with E-state index in [-0.39, 0.29) is 11.6 Å². The summed E-state index contributed by atoms with van der Waals surface area (Å²) in [6.45, 7) is 7.52. The first-order chi connectivity index (χ1) is 13.5. The highest BCUT2D eigenvalue weighted by Crippen LogP contribution is 2.41. The summed E-state index contributed by atoms with van der Waals surface area (Å²) in [5.74, 6) is 0.0452. The van der Waals surface area contributed by atoms with E-state index < -0.39 is 0 Å². The van der Waals surface area contributed by atoms with Crippen molar-refractivity contribution in [3.8, 4) is 0 Å². The summed E-state index contributed by atoms with van der Waals surface area (Å²) in [5.41, 5.74) is 9.88. The molecule has 0 unspecified atom stereocenters. The minimum atomic E-state index is -0.189. The van der Waals surface area contributed by atoms with Crippen molar-refractivity contribution in [2.45, 2.75) is 13.8 Å². The normalized spacial score (nSPS) is 16.2. The third-order valence-electron chi connectivity index (χ3n) is 5.27. The Morgan fingerprint density at radius 1 is 1.07 bits per heavy atom. The van der Waals surface area contributed by atoms with Crippen molar-refractivity contribution < 1.29 is 14.3 Å². The van der Waals surface area contributed by atoms with Gasteiger partial charge in [0.1, 0.15) is 0 Å². The van der Waals surface area contributed by atoms with Gasteiger partial charge in [0.2, 0.25) is 0 Å². The number of fused-ring (bicyclic) bond motifs is 2. The third kappa shape index (κ3) is 3.03. The van der Waals surface area contributed by atoms with E-state index in [1.165, 1.54) is 0 Å². The van der Waals surface area contributed by atoms with E-state index >= 15 is 0 Å². The summed E-state index contributed by atoms with van der Waals surface area (Å²) < 4.78 is 5.45. The van der Waals surface area contributed by atoms with Gasteiger partial charge < -0.3 is 20.7 Å². The average Bonchev–Trinajstić information content (AvgIpc) is 2.71. The van der Waals surface area contributed by atoms with E-state index in [0.29, 0.717) is 72.4 Å². The third-order valence-corrected chi connectivity index (χ3v) is 5.27. The Morgan fingerprint density at radius 3 is 2.29 bits per heavy atom. The van der Waals surface area contributed by atoms with Crippen LogP contribution in [0, 0.1) is 5.92 Å². The first-order valence-corrected chi connectivity index (χ1v) is 9.70. The van der Waals surface area contributed by atoms with Gasteiger partial charge in [-0.25, -0.2) is 0 Å². The van der Waals surface area contributed by atoms with Gasteiger partial charge in [0, 0.05) is 36.4 Å². The van der Waals surface area contributed by atoms with Gasteiger partial charge in [-0.1, -0.05) is 38.1 Å². The fourth-order valence-corrected chi connectivity index (χ4v) is 3.82. The molecule has 0 aromatic heterocycles. The maximum atomic E-state index is 13.3. The lowest BCUT2D eigenvalue weighted by Gasteiger charge is -2.32. The van der Waals surface area contributed by atoms with Crippen molar-refractivity contribution in [3.05, 3.63) is 52.6 Å². The molecule has 1 heterocycles. The molecule has 6 heteroatoms. The predicted molar refractivity (Wildman–Crippen MR) is 111 cm³/mol. The van der Waals surface area contributed by atoms with Gasteiger partial charge in [-0.2, -0.15) is 0 Å². The van der Waals surface area contributed by atoms with Crippen LogP contribution in [0.15, 0.2) is 30.3 Å². The second-order valence-corrected chi connectivity index (χ2v) is 7.68. The molecule has 0 radical (unpaired) electrons. The highest BCUT2D eigenvalue weighted by Gasteiger charge is 2.35. The highest BCUT2D eigenvalue weighted by atomic mass is 16.5. The maximum Gasteiger partial charge on any atom is 0.196 e. The van der Waals surface area contributed by atoms with Gasteiger partial charge in [-0.3, -0.25) is 9.59 Å². The Hall–Kier alpha value is -2.86. The van der Waals surface area contributed by atoms with Crippen molar-refractivity contribution >= 4 is 28.6 Å². The van der Waals surface area contributed by atoms with Crippen LogP contribution in [0.25, 0.3) is 0 Å². The summed E-state index contributed by atoms with van der Waals surface area (Å²) >= 11 is 0. The van der Waals surface area contributed by atoms with Gasteiger partial charge in [0.15, 0.2) is 11.6 Å². The fourth-order valence-electron chi connectivity index (χ4n) is 3.82. The van der Waals surface area contributed by atoms with Crippen LogP contribution in [0.5, 0.6) is 0 Å². The second-order valence-electron chi connectivity index (χ2n) is 7.68. The van der Waals surface area contributed by atoms with Gasteiger partial charge in [-0.15, -0.1) is 0 Å². The minimum Gasteiger partial charge on any atom is -0.396 e. The van der Waals surface area contributed by atoms with Crippen LogP contribution < -0.4 is 16.0 Å². The number of ether oxygens (including phenoxy) is 1. The maximum absolute atomic E-state index is 13.3. The number of nitrogens with zero attached hydrogens (tertiary/aromatic N) is 1. The monoisotopic (exact) mass is 379 g/mol. The Kier molecular flexibility index (Phi) is 4.81. The van der Waals surface area contributed by atoms with Crippen LogP contribution in [0.1, 0.15) is 45.7 Å². The zero-order chi connectivity index (χ0) is 19.8. The first kappa shape index (κ1) is 18.5. The molecule has 3 N–H and O–H groups in total. The zero-order valence-corrected chi connectivity index (χ0v) is 16.2. The van der Waals surface area contributed by atoms with Crippen LogP contribution in [-0.2, 0) is 4.74 Å². The summed E-state index contributed by atoms with van der Waals surface area (Å²) in [6.07, 6.45) is 0. The number of nitrogens with two attached hydrogens (primary N) is 1. The van der Waals surface area contributed by atoms with Crippen molar-refractivity contribution in [2.75, 3.05) is 48.8 Å². The molecule has 0 spiro atoms. The number of benzene rings is 2. The van der Waals surface area contributed by atoms with Crippen LogP contribution in [0.4, 0.5) is 17.1 Å². The lowest BCUT2D eigenvalue weighted by molar-refractivity contribution is 0.0980. The van der Waals surface area contributed by atoms with Crippen molar-refractivity contribution in [2.24, 2.45) is 5.92 Å². The van der Waals surface area contributed by atoms with Crippen LogP contribution in [0.2, 0.25) is 0 Å². The molecule has 2 aromatic rings. The molecule has 1 fully saturated rings. The molecule has 6 nitrogen and oxygen atoms in total. The molecule has 0 bridgehead atoms. The molecule has 0 saturated carbocycles. The topological polar surface area (TPSA) is 84.7 Å². The van der Waals surface area contributed by atoms with Gasteiger partial charge in [-0.05, 0) is 12.0 Å². The predicted octanol–water partition coefficient (Wildman–Crippen LogP) is 2.95. The quantitative estimate of drug-likeness (QED) is 0.678. The molecule has 0 amide bonds. The molecular weight excluding hydrogens is 354 g/mol. The Bertz CT molecular complexity index is 946. The minimum absolute atomic E-state index is 0.156. The van der Waals surface area contributed by atoms with Crippen molar-refractivity contribution in [1.82, 2.24) is 0 Å². The van der Waals surface area contributed by atoms with E-state index in [4.69, 9.17) is 10.5 Å². The molecule has 4 rings (SSSR count). The van der Waals surface area contributed by atoms with E-state index in [9.17, 15) is 9.59 Å². The van der Waals surface area contributed by atoms with Crippen molar-refractivity contribution in [1.29, 1.82) is 0 Å². The SMILES string of the molecule is CC(C)CNc1cc(N2CCOCC2)c(N)c2c1C(=O)c1ccccc1C2=O. The molecule has 0 atom stereocenters. The Morgan fingerprint density at radius 2 is 1.68 bits per heavy atom. The number of ketones is 2. The number of carbonyl (C=O) groups excluding carboxylic acids is 2. The number of carbonyl (C=O) groups is 2. The van der Waals surface area contributed by atoms with Gasteiger partial charge in [0.05, 0.1) is 35.7 Å². The first-order valence-electron chi connectivity index (χ1n) is 9.70. The number of anilines is 3. The number of nitrogens with one attached hydrogen (secondary N) is 1. The standard InChI is InChI=1S/C22H25N3O3/c1-13(2)12-24-16-11-17(25-7-9-28-10-8-25)20(23)19-18(16)21(26)14-5-3-4-6-15(14)22(19)27/h3-6,11,13,24H,7-10,12,23H2,1-2H3. The van der Waals surface area contributed by atoms with Gasteiger partial charge in [0.25, 0.3) is 0 Å². The van der Waals surface area contributed by atoms with E-state index in [2.05, 4.69) is 24.1 Å².